The zero-order valence-electron chi connectivity index (χ0n) is 12.5. The average molecular weight is 292 g/mol. The van der Waals surface area contributed by atoms with Crippen molar-refractivity contribution in [2.24, 2.45) is 10.9 Å². The highest BCUT2D eigenvalue weighted by atomic mass is 16.7. The summed E-state index contributed by atoms with van der Waals surface area (Å²) >= 11 is 0. The summed E-state index contributed by atoms with van der Waals surface area (Å²) in [6.07, 6.45) is 0.410. The quantitative estimate of drug-likeness (QED) is 0.831. The number of oxime groups is 1. The number of ether oxygens (including phenoxy) is 2. The lowest BCUT2D eigenvalue weighted by atomic mass is 9.94. The molecule has 0 aromatic heterocycles. The van der Waals surface area contributed by atoms with Crippen LogP contribution in [0.25, 0.3) is 0 Å². The van der Waals surface area contributed by atoms with E-state index in [1.807, 2.05) is 38.1 Å². The highest BCUT2D eigenvalue weighted by Crippen LogP contribution is 2.28. The second-order valence-corrected chi connectivity index (χ2v) is 5.19. The first-order valence-electron chi connectivity index (χ1n) is 6.81. The normalized spacial score (nSPS) is 20.9. The van der Waals surface area contributed by atoms with Gasteiger partial charge in [0.05, 0.1) is 18.9 Å². The number of carbonyl (C=O) groups is 1. The smallest absolute Gasteiger partial charge is 0.354 e. The Hall–Kier alpha value is -2.08. The zero-order chi connectivity index (χ0) is 15.5. The number of nitrogens with two attached hydrogens (primary N) is 1. The van der Waals surface area contributed by atoms with E-state index in [4.69, 9.17) is 20.0 Å². The predicted octanol–water partition coefficient (Wildman–Crippen LogP) is 1.47. The van der Waals surface area contributed by atoms with Crippen molar-refractivity contribution < 1.29 is 19.1 Å². The first-order chi connectivity index (χ1) is 10.0. The van der Waals surface area contributed by atoms with Gasteiger partial charge in [-0.3, -0.25) is 0 Å². The fraction of sp³-hybridized carbons (Fsp3) is 0.467. The third-order valence-electron chi connectivity index (χ3n) is 3.23. The minimum Gasteiger partial charge on any atom is -0.491 e. The summed E-state index contributed by atoms with van der Waals surface area (Å²) in [4.78, 5) is 17.1. The van der Waals surface area contributed by atoms with Crippen LogP contribution in [0.5, 0.6) is 5.75 Å². The molecule has 1 aliphatic heterocycles. The van der Waals surface area contributed by atoms with Crippen molar-refractivity contribution in [1.29, 1.82) is 0 Å². The van der Waals surface area contributed by atoms with Crippen molar-refractivity contribution in [2.45, 2.75) is 32.0 Å². The van der Waals surface area contributed by atoms with E-state index in [9.17, 15) is 4.79 Å². The predicted molar refractivity (Wildman–Crippen MR) is 78.2 cm³/mol. The van der Waals surface area contributed by atoms with Crippen LogP contribution in [0.1, 0.15) is 25.8 Å². The molecule has 0 amide bonds. The Morgan fingerprint density at radius 3 is 2.62 bits per heavy atom. The standard InChI is InChI=1S/C15H20N2O4/c1-10(2)20-12-6-4-11(5-7-12)13-8-15(9-16,21-17-13)14(18)19-3/h4-7,10H,8-9,16H2,1-3H3. The van der Waals surface area contributed by atoms with E-state index in [1.165, 1.54) is 7.11 Å². The number of rotatable bonds is 5. The molecule has 6 heteroatoms. The summed E-state index contributed by atoms with van der Waals surface area (Å²) in [7, 11) is 1.30. The second kappa shape index (κ2) is 6.13. The number of nitrogens with zero attached hydrogens (tertiary/aromatic N) is 1. The Morgan fingerprint density at radius 2 is 2.10 bits per heavy atom. The average Bonchev–Trinajstić information content (AvgIpc) is 2.92. The van der Waals surface area contributed by atoms with Crippen LogP contribution in [-0.4, -0.2) is 37.0 Å². The maximum atomic E-state index is 11.8. The van der Waals surface area contributed by atoms with Crippen molar-refractivity contribution in [3.05, 3.63) is 29.8 Å². The van der Waals surface area contributed by atoms with E-state index in [0.29, 0.717) is 12.1 Å². The fourth-order valence-electron chi connectivity index (χ4n) is 2.12. The molecule has 1 atom stereocenters. The van der Waals surface area contributed by atoms with Crippen molar-refractivity contribution in [2.75, 3.05) is 13.7 Å². The largest absolute Gasteiger partial charge is 0.491 e. The molecule has 1 aliphatic rings. The van der Waals surface area contributed by atoms with E-state index in [0.717, 1.165) is 11.3 Å². The number of hydrogen-bond acceptors (Lipinski definition) is 6. The highest BCUT2D eigenvalue weighted by molar-refractivity contribution is 6.04. The topological polar surface area (TPSA) is 83.1 Å². The van der Waals surface area contributed by atoms with Gasteiger partial charge < -0.3 is 20.0 Å². The van der Waals surface area contributed by atoms with Crippen molar-refractivity contribution in [1.82, 2.24) is 0 Å². The lowest BCUT2D eigenvalue weighted by molar-refractivity contribution is -0.165. The highest BCUT2D eigenvalue weighted by Gasteiger charge is 2.46. The lowest BCUT2D eigenvalue weighted by Crippen LogP contribution is -2.46. The molecule has 1 aromatic rings. The summed E-state index contributed by atoms with van der Waals surface area (Å²) in [6, 6.07) is 7.48. The SMILES string of the molecule is COC(=O)C1(CN)CC(c2ccc(OC(C)C)cc2)=NO1. The Labute approximate surface area is 123 Å². The van der Waals surface area contributed by atoms with Gasteiger partial charge >= 0.3 is 5.97 Å². The van der Waals surface area contributed by atoms with E-state index in [-0.39, 0.29) is 12.6 Å². The first kappa shape index (κ1) is 15.3. The number of methoxy groups -OCH3 is 1. The Balaban J connectivity index is 2.12. The molecule has 114 valence electrons. The molecule has 1 heterocycles. The first-order valence-corrected chi connectivity index (χ1v) is 6.81. The van der Waals surface area contributed by atoms with Gasteiger partial charge in [0.2, 0.25) is 0 Å². The third kappa shape index (κ3) is 3.16. The number of hydrogen-bond donors (Lipinski definition) is 1. The molecule has 21 heavy (non-hydrogen) atoms. The fourth-order valence-corrected chi connectivity index (χ4v) is 2.12. The van der Waals surface area contributed by atoms with Gasteiger partial charge in [0.15, 0.2) is 0 Å². The number of esters is 1. The van der Waals surface area contributed by atoms with Crippen molar-refractivity contribution >= 4 is 11.7 Å². The number of benzene rings is 1. The minimum absolute atomic E-state index is 0.0151. The Morgan fingerprint density at radius 1 is 1.43 bits per heavy atom. The molecule has 1 unspecified atom stereocenters. The molecule has 0 fully saturated rings. The van der Waals surface area contributed by atoms with Gasteiger partial charge in [0.25, 0.3) is 5.60 Å². The molecule has 6 nitrogen and oxygen atoms in total. The van der Waals surface area contributed by atoms with E-state index in [2.05, 4.69) is 5.16 Å². The van der Waals surface area contributed by atoms with Crippen LogP contribution in [-0.2, 0) is 14.4 Å². The van der Waals surface area contributed by atoms with Crippen LogP contribution in [0.2, 0.25) is 0 Å². The van der Waals surface area contributed by atoms with Crippen LogP contribution in [0, 0.1) is 0 Å². The van der Waals surface area contributed by atoms with Gasteiger partial charge in [-0.2, -0.15) is 0 Å². The summed E-state index contributed by atoms with van der Waals surface area (Å²) in [5, 5.41) is 3.99. The number of carbonyl (C=O) groups excluding carboxylic acids is 1. The van der Waals surface area contributed by atoms with Gasteiger partial charge in [-0.25, -0.2) is 4.79 Å². The third-order valence-corrected chi connectivity index (χ3v) is 3.23. The van der Waals surface area contributed by atoms with Crippen molar-refractivity contribution in [3.8, 4) is 5.75 Å². The molecule has 0 radical (unpaired) electrons. The Kier molecular flexibility index (Phi) is 4.47. The molecule has 0 bridgehead atoms. The van der Waals surface area contributed by atoms with Crippen LogP contribution >= 0.6 is 0 Å². The minimum atomic E-state index is -1.21. The van der Waals surface area contributed by atoms with Gasteiger partial charge in [-0.05, 0) is 43.7 Å². The van der Waals surface area contributed by atoms with Crippen LogP contribution in [0.15, 0.2) is 29.4 Å². The molecule has 0 aliphatic carbocycles. The van der Waals surface area contributed by atoms with E-state index in [1.54, 1.807) is 0 Å². The van der Waals surface area contributed by atoms with Gasteiger partial charge in [0, 0.05) is 13.0 Å². The monoisotopic (exact) mass is 292 g/mol. The molecule has 2 rings (SSSR count). The molecular weight excluding hydrogens is 272 g/mol. The molecule has 0 spiro atoms. The van der Waals surface area contributed by atoms with Crippen LogP contribution in [0.4, 0.5) is 0 Å². The molecule has 2 N–H and O–H groups in total. The zero-order valence-corrected chi connectivity index (χ0v) is 12.5. The molecule has 0 saturated heterocycles. The van der Waals surface area contributed by atoms with Crippen LogP contribution < -0.4 is 10.5 Å². The van der Waals surface area contributed by atoms with Gasteiger partial charge in [0.1, 0.15) is 5.75 Å². The summed E-state index contributed by atoms with van der Waals surface area (Å²) < 4.78 is 10.3. The maximum absolute atomic E-state index is 11.8. The van der Waals surface area contributed by atoms with Gasteiger partial charge in [-0.15, -0.1) is 0 Å². The van der Waals surface area contributed by atoms with E-state index < -0.39 is 11.6 Å². The van der Waals surface area contributed by atoms with Crippen LogP contribution in [0.3, 0.4) is 0 Å². The Bertz CT molecular complexity index is 539. The maximum Gasteiger partial charge on any atom is 0.354 e. The van der Waals surface area contributed by atoms with Crippen molar-refractivity contribution in [3.63, 3.8) is 0 Å². The summed E-state index contributed by atoms with van der Waals surface area (Å²) in [5.41, 5.74) is 5.97. The molecular formula is C15H20N2O4. The molecule has 1 aromatic carbocycles. The second-order valence-electron chi connectivity index (χ2n) is 5.19. The lowest BCUT2D eigenvalue weighted by Gasteiger charge is -2.21. The van der Waals surface area contributed by atoms with E-state index >= 15 is 0 Å². The molecule has 0 saturated carbocycles. The van der Waals surface area contributed by atoms with Gasteiger partial charge in [-0.1, -0.05) is 5.16 Å². The summed E-state index contributed by atoms with van der Waals surface area (Å²) in [5.74, 6) is 0.273. The summed E-state index contributed by atoms with van der Waals surface area (Å²) in [6.45, 7) is 3.95.